The third-order valence-corrected chi connectivity index (χ3v) is 7.07. The van der Waals surface area contributed by atoms with Gasteiger partial charge in [-0.3, -0.25) is 19.5 Å². The minimum atomic E-state index is -0.443. The Bertz CT molecular complexity index is 1630. The lowest BCUT2D eigenvalue weighted by Crippen LogP contribution is -2.32. The molecule has 0 unspecified atom stereocenters. The summed E-state index contributed by atoms with van der Waals surface area (Å²) in [6.07, 6.45) is 0. The van der Waals surface area contributed by atoms with Gasteiger partial charge in [0.15, 0.2) is 5.16 Å². The number of nitro groups is 1. The minimum Gasteiger partial charge on any atom is -0.495 e. The quantitative estimate of drug-likeness (QED) is 0.139. The fraction of sp³-hybridized carbons (Fsp3) is 0.143. The Kier molecular flexibility index (Phi) is 6.78. The van der Waals surface area contributed by atoms with Gasteiger partial charge in [0.1, 0.15) is 5.75 Å². The number of para-hydroxylation sites is 2. The van der Waals surface area contributed by atoms with Crippen molar-refractivity contribution in [3.63, 3.8) is 0 Å². The van der Waals surface area contributed by atoms with E-state index in [0.717, 1.165) is 22.1 Å². The molecule has 0 saturated carbocycles. The van der Waals surface area contributed by atoms with Crippen molar-refractivity contribution >= 4 is 50.8 Å². The van der Waals surface area contributed by atoms with E-state index in [1.54, 1.807) is 18.1 Å². The van der Waals surface area contributed by atoms with E-state index in [1.165, 1.54) is 23.9 Å². The fourth-order valence-electron chi connectivity index (χ4n) is 4.43. The average molecular weight is 513 g/mol. The largest absolute Gasteiger partial charge is 0.495 e. The Balaban J connectivity index is 1.52. The number of hydrogen-bond donors (Lipinski definition) is 0. The minimum absolute atomic E-state index is 0.0436. The van der Waals surface area contributed by atoms with E-state index in [0.29, 0.717) is 28.5 Å². The standard InChI is InChI=1S/C28H24N4O4S/c1-3-30(23-13-8-10-19-9-4-5-11-21(19)23)27(33)18-37-28-29-22-17-20(32(34)35)15-16-24(22)31(28)25-12-6-7-14-26(25)36-2/h4-17H,3,18H2,1-2H3. The molecule has 4 aromatic carbocycles. The summed E-state index contributed by atoms with van der Waals surface area (Å²) in [5.41, 5.74) is 2.71. The van der Waals surface area contributed by atoms with Gasteiger partial charge in [-0.15, -0.1) is 0 Å². The van der Waals surface area contributed by atoms with Gasteiger partial charge < -0.3 is 9.64 Å². The van der Waals surface area contributed by atoms with Crippen LogP contribution in [0.3, 0.4) is 0 Å². The number of carbonyl (C=O) groups excluding carboxylic acids is 1. The van der Waals surface area contributed by atoms with E-state index in [1.807, 2.05) is 78.2 Å². The topological polar surface area (TPSA) is 90.5 Å². The highest BCUT2D eigenvalue weighted by Crippen LogP contribution is 2.34. The van der Waals surface area contributed by atoms with Gasteiger partial charge in [-0.2, -0.15) is 0 Å². The molecular weight excluding hydrogens is 488 g/mol. The monoisotopic (exact) mass is 512 g/mol. The molecule has 0 aliphatic rings. The Labute approximate surface area is 217 Å². The summed E-state index contributed by atoms with van der Waals surface area (Å²) in [5, 5.41) is 14.0. The number of amides is 1. The van der Waals surface area contributed by atoms with E-state index in [2.05, 4.69) is 4.98 Å². The molecule has 0 bridgehead atoms. The first-order valence-corrected chi connectivity index (χ1v) is 12.7. The van der Waals surface area contributed by atoms with E-state index >= 15 is 0 Å². The van der Waals surface area contributed by atoms with Crippen LogP contribution in [0.5, 0.6) is 5.75 Å². The normalized spacial score (nSPS) is 11.1. The summed E-state index contributed by atoms with van der Waals surface area (Å²) in [7, 11) is 1.59. The summed E-state index contributed by atoms with van der Waals surface area (Å²) < 4.78 is 7.45. The van der Waals surface area contributed by atoms with Crippen molar-refractivity contribution in [3.8, 4) is 11.4 Å². The van der Waals surface area contributed by atoms with Crippen molar-refractivity contribution in [1.82, 2.24) is 9.55 Å². The van der Waals surface area contributed by atoms with Crippen LogP contribution < -0.4 is 9.64 Å². The van der Waals surface area contributed by atoms with Gasteiger partial charge in [-0.05, 0) is 36.6 Å². The van der Waals surface area contributed by atoms with Crippen molar-refractivity contribution in [3.05, 3.63) is 95.0 Å². The number of benzene rings is 4. The fourth-order valence-corrected chi connectivity index (χ4v) is 5.33. The number of hydrogen-bond acceptors (Lipinski definition) is 6. The van der Waals surface area contributed by atoms with Crippen LogP contribution >= 0.6 is 11.8 Å². The summed E-state index contributed by atoms with van der Waals surface area (Å²) in [4.78, 5) is 30.8. The second kappa shape index (κ2) is 10.3. The Morgan fingerprint density at radius 3 is 2.59 bits per heavy atom. The number of ether oxygens (including phenoxy) is 1. The molecule has 8 nitrogen and oxygen atoms in total. The summed E-state index contributed by atoms with van der Waals surface area (Å²) in [5.74, 6) is 0.699. The average Bonchev–Trinajstić information content (AvgIpc) is 3.29. The first kappa shape index (κ1) is 24.3. The molecule has 0 N–H and O–H groups in total. The number of aromatic nitrogens is 2. The van der Waals surface area contributed by atoms with Crippen molar-refractivity contribution in [1.29, 1.82) is 0 Å². The molecule has 0 atom stereocenters. The number of thioether (sulfide) groups is 1. The van der Waals surface area contributed by atoms with Crippen molar-refractivity contribution in [2.24, 2.45) is 0 Å². The number of methoxy groups -OCH3 is 1. The molecule has 9 heteroatoms. The molecule has 0 spiro atoms. The maximum absolute atomic E-state index is 13.5. The molecule has 0 aliphatic heterocycles. The van der Waals surface area contributed by atoms with Crippen LogP contribution in [0.4, 0.5) is 11.4 Å². The predicted octanol–water partition coefficient (Wildman–Crippen LogP) is 6.24. The molecule has 37 heavy (non-hydrogen) atoms. The van der Waals surface area contributed by atoms with Crippen molar-refractivity contribution < 1.29 is 14.5 Å². The smallest absolute Gasteiger partial charge is 0.271 e. The van der Waals surface area contributed by atoms with Crippen molar-refractivity contribution in [2.75, 3.05) is 24.3 Å². The number of rotatable bonds is 8. The van der Waals surface area contributed by atoms with E-state index in [4.69, 9.17) is 4.74 Å². The Hall–Kier alpha value is -4.37. The zero-order chi connectivity index (χ0) is 25.9. The van der Waals surface area contributed by atoms with E-state index in [-0.39, 0.29) is 17.3 Å². The van der Waals surface area contributed by atoms with Crippen LogP contribution in [0, 0.1) is 10.1 Å². The molecule has 1 aromatic heterocycles. The SMILES string of the molecule is CCN(C(=O)CSc1nc2cc([N+](=O)[O-])ccc2n1-c1ccccc1OC)c1cccc2ccccc12. The lowest BCUT2D eigenvalue weighted by Gasteiger charge is -2.22. The van der Waals surface area contributed by atoms with Crippen LogP contribution in [0.1, 0.15) is 6.92 Å². The highest BCUT2D eigenvalue weighted by molar-refractivity contribution is 7.99. The van der Waals surface area contributed by atoms with Crippen LogP contribution in [0.25, 0.3) is 27.5 Å². The zero-order valence-electron chi connectivity index (χ0n) is 20.3. The van der Waals surface area contributed by atoms with Gasteiger partial charge in [0.25, 0.3) is 5.69 Å². The third kappa shape index (κ3) is 4.61. The number of imidazole rings is 1. The molecule has 0 radical (unpaired) electrons. The summed E-state index contributed by atoms with van der Waals surface area (Å²) >= 11 is 1.29. The number of nitro benzene ring substituents is 1. The molecule has 5 aromatic rings. The van der Waals surface area contributed by atoms with Crippen LogP contribution in [-0.4, -0.2) is 39.8 Å². The Morgan fingerprint density at radius 2 is 1.81 bits per heavy atom. The lowest BCUT2D eigenvalue weighted by molar-refractivity contribution is -0.384. The maximum Gasteiger partial charge on any atom is 0.271 e. The van der Waals surface area contributed by atoms with E-state index in [9.17, 15) is 14.9 Å². The van der Waals surface area contributed by atoms with Gasteiger partial charge in [0.05, 0.1) is 40.2 Å². The highest BCUT2D eigenvalue weighted by Gasteiger charge is 2.22. The van der Waals surface area contributed by atoms with Crippen LogP contribution in [-0.2, 0) is 4.79 Å². The van der Waals surface area contributed by atoms with E-state index < -0.39 is 4.92 Å². The number of fused-ring (bicyclic) bond motifs is 2. The summed E-state index contributed by atoms with van der Waals surface area (Å²) in [6.45, 7) is 2.47. The van der Waals surface area contributed by atoms with Gasteiger partial charge in [-0.25, -0.2) is 4.98 Å². The second-order valence-electron chi connectivity index (χ2n) is 8.26. The second-order valence-corrected chi connectivity index (χ2v) is 9.20. The number of non-ortho nitro benzene ring substituents is 1. The number of anilines is 1. The molecule has 0 aliphatic carbocycles. The molecule has 0 fully saturated rings. The van der Waals surface area contributed by atoms with Gasteiger partial charge in [0.2, 0.25) is 5.91 Å². The number of nitrogens with zero attached hydrogens (tertiary/aromatic N) is 4. The first-order chi connectivity index (χ1) is 18.0. The van der Waals surface area contributed by atoms with Crippen molar-refractivity contribution in [2.45, 2.75) is 12.1 Å². The van der Waals surface area contributed by atoms with Gasteiger partial charge >= 0.3 is 0 Å². The summed E-state index contributed by atoms with van der Waals surface area (Å²) in [6, 6.07) is 26.0. The third-order valence-electron chi connectivity index (χ3n) is 6.14. The van der Waals surface area contributed by atoms with Crippen LogP contribution in [0.15, 0.2) is 90.1 Å². The number of carbonyl (C=O) groups is 1. The van der Waals surface area contributed by atoms with Gasteiger partial charge in [-0.1, -0.05) is 60.3 Å². The Morgan fingerprint density at radius 1 is 1.05 bits per heavy atom. The predicted molar refractivity (Wildman–Crippen MR) is 147 cm³/mol. The molecule has 0 saturated heterocycles. The molecule has 186 valence electrons. The molecule has 1 heterocycles. The maximum atomic E-state index is 13.5. The first-order valence-electron chi connectivity index (χ1n) is 11.7. The molecular formula is C28H24N4O4S. The zero-order valence-corrected chi connectivity index (χ0v) is 21.1. The van der Waals surface area contributed by atoms with Crippen LogP contribution in [0.2, 0.25) is 0 Å². The molecule has 5 rings (SSSR count). The molecule has 1 amide bonds. The van der Waals surface area contributed by atoms with Gasteiger partial charge in [0, 0.05) is 24.1 Å². The lowest BCUT2D eigenvalue weighted by atomic mass is 10.1. The highest BCUT2D eigenvalue weighted by atomic mass is 32.2.